The molecule has 1 aromatic carbocycles. The lowest BCUT2D eigenvalue weighted by atomic mass is 10.2. The van der Waals surface area contributed by atoms with Crippen LogP contribution in [0.2, 0.25) is 0 Å². The molecule has 0 spiro atoms. The molecule has 1 saturated heterocycles. The third-order valence-corrected chi connectivity index (χ3v) is 4.50. The molecular formula is C18H19N5O5. The van der Waals surface area contributed by atoms with Crippen molar-refractivity contribution in [1.82, 2.24) is 19.5 Å². The van der Waals surface area contributed by atoms with Crippen LogP contribution in [0.4, 0.5) is 10.6 Å². The highest BCUT2D eigenvalue weighted by Gasteiger charge is 2.39. The highest BCUT2D eigenvalue weighted by Crippen LogP contribution is 2.33. The summed E-state index contributed by atoms with van der Waals surface area (Å²) in [4.78, 5) is 24.3. The summed E-state index contributed by atoms with van der Waals surface area (Å²) in [5.74, 6) is 0.262. The van der Waals surface area contributed by atoms with E-state index in [0.717, 1.165) is 5.56 Å². The van der Waals surface area contributed by atoms with Gasteiger partial charge in [0, 0.05) is 6.42 Å². The van der Waals surface area contributed by atoms with Crippen molar-refractivity contribution >= 4 is 23.1 Å². The molecule has 0 bridgehead atoms. The molecule has 0 saturated carbocycles. The van der Waals surface area contributed by atoms with E-state index in [-0.39, 0.29) is 19.0 Å². The summed E-state index contributed by atoms with van der Waals surface area (Å²) in [5, 5.41) is 9.60. The summed E-state index contributed by atoms with van der Waals surface area (Å²) in [7, 11) is 0. The summed E-state index contributed by atoms with van der Waals surface area (Å²) >= 11 is 0. The molecule has 4 rings (SSSR count). The Morgan fingerprint density at radius 3 is 2.89 bits per heavy atom. The van der Waals surface area contributed by atoms with Crippen molar-refractivity contribution in [2.75, 3.05) is 12.3 Å². The lowest BCUT2D eigenvalue weighted by Crippen LogP contribution is -2.30. The molecule has 28 heavy (non-hydrogen) atoms. The molecule has 10 nitrogen and oxygen atoms in total. The van der Waals surface area contributed by atoms with Gasteiger partial charge in [0.25, 0.3) is 0 Å². The molecule has 3 N–H and O–H groups in total. The van der Waals surface area contributed by atoms with Crippen molar-refractivity contribution in [2.24, 2.45) is 0 Å². The number of imidazole rings is 1. The SMILES string of the molecule is Nc1ncnc2c1ncn2C1CC(OC(=O)OCc2ccccc2)C(CO)O1. The highest BCUT2D eigenvalue weighted by atomic mass is 16.7. The Morgan fingerprint density at radius 1 is 1.29 bits per heavy atom. The summed E-state index contributed by atoms with van der Waals surface area (Å²) in [6.45, 7) is -0.209. The number of ether oxygens (including phenoxy) is 3. The Hall–Kier alpha value is -3.24. The first-order valence-electron chi connectivity index (χ1n) is 8.72. The molecule has 1 aliphatic heterocycles. The van der Waals surface area contributed by atoms with E-state index in [1.165, 1.54) is 12.7 Å². The number of nitrogens with zero attached hydrogens (tertiary/aromatic N) is 4. The number of hydrogen-bond acceptors (Lipinski definition) is 9. The first kappa shape index (κ1) is 18.1. The van der Waals surface area contributed by atoms with Gasteiger partial charge in [0.2, 0.25) is 0 Å². The van der Waals surface area contributed by atoms with Crippen LogP contribution in [-0.2, 0) is 20.8 Å². The maximum Gasteiger partial charge on any atom is 0.508 e. The number of hydrogen-bond donors (Lipinski definition) is 2. The maximum absolute atomic E-state index is 12.0. The number of nitrogens with two attached hydrogens (primary N) is 1. The van der Waals surface area contributed by atoms with Gasteiger partial charge >= 0.3 is 6.16 Å². The van der Waals surface area contributed by atoms with Crippen LogP contribution in [0.5, 0.6) is 0 Å². The largest absolute Gasteiger partial charge is 0.508 e. The number of rotatable bonds is 5. The summed E-state index contributed by atoms with van der Waals surface area (Å²) in [5.41, 5.74) is 7.61. The number of benzene rings is 1. The monoisotopic (exact) mass is 385 g/mol. The Labute approximate surface area is 159 Å². The fraction of sp³-hybridized carbons (Fsp3) is 0.333. The normalized spacial score (nSPS) is 21.7. The number of anilines is 1. The van der Waals surface area contributed by atoms with Crippen LogP contribution in [0.25, 0.3) is 11.2 Å². The number of carbonyl (C=O) groups is 1. The molecule has 3 unspecified atom stereocenters. The van der Waals surface area contributed by atoms with Gasteiger partial charge in [-0.15, -0.1) is 0 Å². The number of aromatic nitrogens is 4. The molecule has 0 amide bonds. The van der Waals surface area contributed by atoms with Gasteiger partial charge in [-0.2, -0.15) is 0 Å². The molecule has 146 valence electrons. The average molecular weight is 385 g/mol. The van der Waals surface area contributed by atoms with Gasteiger partial charge in [-0.05, 0) is 5.56 Å². The Morgan fingerprint density at radius 2 is 2.11 bits per heavy atom. The van der Waals surface area contributed by atoms with Crippen LogP contribution >= 0.6 is 0 Å². The van der Waals surface area contributed by atoms with Gasteiger partial charge in [0.15, 0.2) is 11.5 Å². The zero-order valence-corrected chi connectivity index (χ0v) is 14.8. The predicted octanol–water partition coefficient (Wildman–Crippen LogP) is 1.41. The Bertz CT molecular complexity index is 963. The van der Waals surface area contributed by atoms with E-state index in [0.29, 0.717) is 17.6 Å². The van der Waals surface area contributed by atoms with Crippen molar-refractivity contribution in [1.29, 1.82) is 0 Å². The van der Waals surface area contributed by atoms with Gasteiger partial charge in [-0.1, -0.05) is 30.3 Å². The Kier molecular flexibility index (Phi) is 5.04. The average Bonchev–Trinajstić information content (AvgIpc) is 3.32. The van der Waals surface area contributed by atoms with E-state index in [9.17, 15) is 9.90 Å². The quantitative estimate of drug-likeness (QED) is 0.625. The Balaban J connectivity index is 1.42. The van der Waals surface area contributed by atoms with Crippen molar-refractivity contribution in [3.8, 4) is 0 Å². The molecule has 10 heteroatoms. The van der Waals surface area contributed by atoms with E-state index < -0.39 is 24.6 Å². The first-order chi connectivity index (χ1) is 13.7. The smallest absolute Gasteiger partial charge is 0.429 e. The van der Waals surface area contributed by atoms with Crippen LogP contribution in [0, 0.1) is 0 Å². The first-order valence-corrected chi connectivity index (χ1v) is 8.72. The van der Waals surface area contributed by atoms with Crippen LogP contribution in [0.3, 0.4) is 0 Å². The second kappa shape index (κ2) is 7.79. The fourth-order valence-electron chi connectivity index (χ4n) is 3.11. The van der Waals surface area contributed by atoms with Crippen LogP contribution < -0.4 is 5.73 Å². The van der Waals surface area contributed by atoms with Gasteiger partial charge in [-0.25, -0.2) is 19.7 Å². The standard InChI is InChI=1S/C18H19N5O5/c19-16-15-17(21-9-20-16)23(10-22-15)14-6-12(13(7-24)27-14)28-18(25)26-8-11-4-2-1-3-5-11/h1-5,9-10,12-14,24H,6-8H2,(H2,19,20,21). The highest BCUT2D eigenvalue weighted by molar-refractivity contribution is 5.81. The molecular weight excluding hydrogens is 366 g/mol. The van der Waals surface area contributed by atoms with E-state index in [4.69, 9.17) is 19.9 Å². The summed E-state index contributed by atoms with van der Waals surface area (Å²) in [6, 6.07) is 9.27. The molecule has 3 heterocycles. The second-order valence-corrected chi connectivity index (χ2v) is 6.31. The predicted molar refractivity (Wildman–Crippen MR) is 96.8 cm³/mol. The van der Waals surface area contributed by atoms with E-state index in [1.807, 2.05) is 30.3 Å². The van der Waals surface area contributed by atoms with Gasteiger partial charge in [-0.3, -0.25) is 4.57 Å². The van der Waals surface area contributed by atoms with Crippen molar-refractivity contribution in [3.05, 3.63) is 48.5 Å². The zero-order chi connectivity index (χ0) is 19.5. The topological polar surface area (TPSA) is 135 Å². The van der Waals surface area contributed by atoms with Gasteiger partial charge < -0.3 is 25.1 Å². The van der Waals surface area contributed by atoms with E-state index in [1.54, 1.807) is 4.57 Å². The molecule has 1 aliphatic rings. The van der Waals surface area contributed by atoms with Crippen LogP contribution in [-0.4, -0.2) is 49.6 Å². The minimum atomic E-state index is -0.821. The molecule has 3 aromatic rings. The van der Waals surface area contributed by atoms with Crippen molar-refractivity contribution in [3.63, 3.8) is 0 Å². The second-order valence-electron chi connectivity index (χ2n) is 6.31. The number of fused-ring (bicyclic) bond motifs is 1. The molecule has 0 radical (unpaired) electrons. The fourth-order valence-corrected chi connectivity index (χ4v) is 3.11. The van der Waals surface area contributed by atoms with E-state index in [2.05, 4.69) is 15.0 Å². The third-order valence-electron chi connectivity index (χ3n) is 4.50. The number of aliphatic hydroxyl groups excluding tert-OH is 1. The van der Waals surface area contributed by atoms with Crippen molar-refractivity contribution < 1.29 is 24.1 Å². The molecule has 2 aromatic heterocycles. The molecule has 3 atom stereocenters. The summed E-state index contributed by atoms with van der Waals surface area (Å²) in [6.07, 6.45) is 0.470. The zero-order valence-electron chi connectivity index (χ0n) is 14.8. The third kappa shape index (κ3) is 3.59. The van der Waals surface area contributed by atoms with Gasteiger partial charge in [0.1, 0.15) is 36.9 Å². The number of aliphatic hydroxyl groups is 1. The lowest BCUT2D eigenvalue weighted by molar-refractivity contribution is -0.0564. The molecule has 0 aliphatic carbocycles. The number of carbonyl (C=O) groups excluding carboxylic acids is 1. The van der Waals surface area contributed by atoms with Crippen LogP contribution in [0.1, 0.15) is 18.2 Å². The minimum absolute atomic E-state index is 0.100. The lowest BCUT2D eigenvalue weighted by Gasteiger charge is -2.16. The van der Waals surface area contributed by atoms with Gasteiger partial charge in [0.05, 0.1) is 12.9 Å². The minimum Gasteiger partial charge on any atom is -0.429 e. The maximum atomic E-state index is 12.0. The number of nitrogen functional groups attached to an aromatic ring is 1. The molecule has 1 fully saturated rings. The van der Waals surface area contributed by atoms with E-state index >= 15 is 0 Å². The summed E-state index contributed by atoms with van der Waals surface area (Å²) < 4.78 is 18.0. The van der Waals surface area contributed by atoms with Crippen molar-refractivity contribution in [2.45, 2.75) is 31.5 Å². The van der Waals surface area contributed by atoms with Crippen LogP contribution in [0.15, 0.2) is 43.0 Å².